The molecule has 106 valence electrons. The van der Waals surface area contributed by atoms with Gasteiger partial charge in [0.1, 0.15) is 6.54 Å². The lowest BCUT2D eigenvalue weighted by atomic mass is 9.99. The third-order valence-corrected chi connectivity index (χ3v) is 4.14. The van der Waals surface area contributed by atoms with Crippen LogP contribution in [0.5, 0.6) is 0 Å². The lowest BCUT2D eigenvalue weighted by Crippen LogP contribution is -2.49. The summed E-state index contributed by atoms with van der Waals surface area (Å²) in [6.07, 6.45) is -3.55. The van der Waals surface area contributed by atoms with Gasteiger partial charge in [0.05, 0.1) is 5.84 Å². The molecule has 0 aromatic heterocycles. The summed E-state index contributed by atoms with van der Waals surface area (Å²) in [5, 5.41) is 7.24. The van der Waals surface area contributed by atoms with Crippen LogP contribution in [-0.2, 0) is 10.2 Å². The van der Waals surface area contributed by atoms with Gasteiger partial charge in [0, 0.05) is 19.0 Å². The largest absolute Gasteiger partial charge is 0.402 e. The fourth-order valence-corrected chi connectivity index (χ4v) is 2.95. The fourth-order valence-electron chi connectivity index (χ4n) is 1.68. The lowest BCUT2D eigenvalue weighted by Gasteiger charge is -2.31. The van der Waals surface area contributed by atoms with E-state index in [4.69, 9.17) is 11.1 Å². The number of amidine groups is 1. The first-order valence-corrected chi connectivity index (χ1v) is 6.71. The van der Waals surface area contributed by atoms with E-state index in [0.29, 0.717) is 12.8 Å². The highest BCUT2D eigenvalue weighted by Gasteiger charge is 2.34. The number of halogens is 3. The molecule has 0 spiro atoms. The minimum Gasteiger partial charge on any atom is -0.387 e. The van der Waals surface area contributed by atoms with Gasteiger partial charge in [0.15, 0.2) is 0 Å². The van der Waals surface area contributed by atoms with Crippen LogP contribution in [-0.4, -0.2) is 44.4 Å². The highest BCUT2D eigenvalue weighted by atomic mass is 32.2. The minimum absolute atomic E-state index is 0.0531. The molecular weight excluding hydrogens is 273 g/mol. The van der Waals surface area contributed by atoms with E-state index in [-0.39, 0.29) is 18.9 Å². The second kappa shape index (κ2) is 5.41. The van der Waals surface area contributed by atoms with Crippen molar-refractivity contribution in [2.24, 2.45) is 11.7 Å². The summed E-state index contributed by atoms with van der Waals surface area (Å²) in [7, 11) is -4.17. The number of rotatable bonds is 4. The van der Waals surface area contributed by atoms with Gasteiger partial charge in [0.25, 0.3) is 10.2 Å². The maximum absolute atomic E-state index is 12.0. The number of piperidine rings is 1. The Labute approximate surface area is 103 Å². The van der Waals surface area contributed by atoms with Gasteiger partial charge < -0.3 is 5.73 Å². The maximum Gasteiger partial charge on any atom is 0.402 e. The van der Waals surface area contributed by atoms with E-state index in [1.807, 2.05) is 0 Å². The Morgan fingerprint density at radius 3 is 2.61 bits per heavy atom. The summed E-state index contributed by atoms with van der Waals surface area (Å²) in [5.74, 6) is -0.577. The highest BCUT2D eigenvalue weighted by Crippen LogP contribution is 2.19. The zero-order valence-electron chi connectivity index (χ0n) is 9.50. The Balaban J connectivity index is 2.64. The molecule has 4 N–H and O–H groups in total. The smallest absolute Gasteiger partial charge is 0.387 e. The molecule has 0 bridgehead atoms. The van der Waals surface area contributed by atoms with Crippen LogP contribution in [0, 0.1) is 11.3 Å². The fraction of sp³-hybridized carbons (Fsp3) is 0.875. The first-order valence-electron chi connectivity index (χ1n) is 5.27. The van der Waals surface area contributed by atoms with Gasteiger partial charge in [-0.2, -0.15) is 30.6 Å². The van der Waals surface area contributed by atoms with Crippen LogP contribution in [0.1, 0.15) is 12.8 Å². The molecule has 1 atom stereocenters. The quantitative estimate of drug-likeness (QED) is 0.502. The van der Waals surface area contributed by atoms with E-state index in [1.54, 1.807) is 0 Å². The Morgan fingerprint density at radius 2 is 2.11 bits per heavy atom. The van der Waals surface area contributed by atoms with Crippen molar-refractivity contribution in [3.8, 4) is 0 Å². The average molecular weight is 288 g/mol. The van der Waals surface area contributed by atoms with Gasteiger partial charge in [-0.1, -0.05) is 0 Å². The SMILES string of the molecule is N=C(N)C1CCCN(S(=O)(=O)NCC(F)(F)F)C1. The number of nitrogens with two attached hydrogens (primary N) is 1. The number of hydrogen-bond donors (Lipinski definition) is 3. The molecule has 18 heavy (non-hydrogen) atoms. The van der Waals surface area contributed by atoms with Gasteiger partial charge in [-0.25, -0.2) is 0 Å². The van der Waals surface area contributed by atoms with Crippen molar-refractivity contribution in [1.82, 2.24) is 9.03 Å². The van der Waals surface area contributed by atoms with Gasteiger partial charge in [-0.15, -0.1) is 0 Å². The van der Waals surface area contributed by atoms with Gasteiger partial charge in [-0.3, -0.25) is 5.41 Å². The molecule has 0 radical (unpaired) electrons. The number of hydrogen-bond acceptors (Lipinski definition) is 3. The van der Waals surface area contributed by atoms with Crippen LogP contribution in [0.4, 0.5) is 13.2 Å². The van der Waals surface area contributed by atoms with Crippen molar-refractivity contribution in [1.29, 1.82) is 5.41 Å². The molecule has 6 nitrogen and oxygen atoms in total. The summed E-state index contributed by atoms with van der Waals surface area (Å²) in [6.45, 7) is -1.52. The van der Waals surface area contributed by atoms with Crippen molar-refractivity contribution < 1.29 is 21.6 Å². The summed E-state index contributed by atoms with van der Waals surface area (Å²) in [4.78, 5) is 0. The molecule has 0 aliphatic carbocycles. The Kier molecular flexibility index (Phi) is 4.56. The van der Waals surface area contributed by atoms with Crippen molar-refractivity contribution >= 4 is 16.0 Å². The Bertz CT molecular complexity index is 409. The average Bonchev–Trinajstić information content (AvgIpc) is 2.26. The Morgan fingerprint density at radius 1 is 1.50 bits per heavy atom. The van der Waals surface area contributed by atoms with E-state index in [2.05, 4.69) is 0 Å². The first-order chi connectivity index (χ1) is 8.12. The number of nitrogens with zero attached hydrogens (tertiary/aromatic N) is 1. The van der Waals surface area contributed by atoms with E-state index in [1.165, 1.54) is 4.72 Å². The van der Waals surface area contributed by atoms with Crippen molar-refractivity contribution in [2.45, 2.75) is 19.0 Å². The first kappa shape index (κ1) is 15.2. The standard InChI is InChI=1S/C8H15F3N4O2S/c9-8(10,11)5-14-18(16,17)15-3-1-2-6(4-15)7(12)13/h6,14H,1-5H2,(H3,12,13). The molecule has 0 amide bonds. The van der Waals surface area contributed by atoms with Crippen molar-refractivity contribution in [3.63, 3.8) is 0 Å². The van der Waals surface area contributed by atoms with Crippen molar-refractivity contribution in [2.75, 3.05) is 19.6 Å². The van der Waals surface area contributed by atoms with Gasteiger partial charge in [0.2, 0.25) is 0 Å². The zero-order valence-corrected chi connectivity index (χ0v) is 10.3. The molecule has 1 heterocycles. The molecule has 1 fully saturated rings. The normalized spacial score (nSPS) is 22.9. The lowest BCUT2D eigenvalue weighted by molar-refractivity contribution is -0.121. The Hall–Kier alpha value is -0.870. The number of alkyl halides is 3. The second-order valence-electron chi connectivity index (χ2n) is 4.09. The van der Waals surface area contributed by atoms with Crippen LogP contribution in [0.15, 0.2) is 0 Å². The molecule has 0 saturated carbocycles. The van der Waals surface area contributed by atoms with E-state index >= 15 is 0 Å². The molecule has 10 heteroatoms. The van der Waals surface area contributed by atoms with Gasteiger partial charge >= 0.3 is 6.18 Å². The van der Waals surface area contributed by atoms with Gasteiger partial charge in [-0.05, 0) is 12.8 Å². The zero-order chi connectivity index (χ0) is 14.0. The summed E-state index contributed by atoms with van der Waals surface area (Å²) in [6, 6.07) is 0. The molecule has 1 aliphatic heterocycles. The van der Waals surface area contributed by atoms with E-state index < -0.39 is 28.8 Å². The molecule has 1 aliphatic rings. The number of nitrogens with one attached hydrogen (secondary N) is 2. The van der Waals surface area contributed by atoms with Crippen LogP contribution >= 0.6 is 0 Å². The van der Waals surface area contributed by atoms with E-state index in [9.17, 15) is 21.6 Å². The monoisotopic (exact) mass is 288 g/mol. The molecule has 1 unspecified atom stereocenters. The van der Waals surface area contributed by atoms with Crippen LogP contribution in [0.2, 0.25) is 0 Å². The molecule has 0 aromatic rings. The molecule has 0 aromatic carbocycles. The van der Waals surface area contributed by atoms with Crippen LogP contribution in [0.25, 0.3) is 0 Å². The highest BCUT2D eigenvalue weighted by molar-refractivity contribution is 7.87. The molecule has 1 rings (SSSR count). The molecule has 1 saturated heterocycles. The topological polar surface area (TPSA) is 99.3 Å². The summed E-state index contributed by atoms with van der Waals surface area (Å²) >= 11 is 0. The van der Waals surface area contributed by atoms with Crippen molar-refractivity contribution in [3.05, 3.63) is 0 Å². The predicted molar refractivity (Wildman–Crippen MR) is 59.2 cm³/mol. The predicted octanol–water partition coefficient (Wildman–Crippen LogP) is 0.0311. The maximum atomic E-state index is 12.0. The second-order valence-corrected chi connectivity index (χ2v) is 5.85. The van der Waals surface area contributed by atoms with Crippen LogP contribution in [0.3, 0.4) is 0 Å². The summed E-state index contributed by atoms with van der Waals surface area (Å²) in [5.41, 5.74) is 5.28. The minimum atomic E-state index is -4.59. The summed E-state index contributed by atoms with van der Waals surface area (Å²) < 4.78 is 61.5. The third-order valence-electron chi connectivity index (χ3n) is 2.62. The molecular formula is C8H15F3N4O2S. The third kappa shape index (κ3) is 4.42. The van der Waals surface area contributed by atoms with Crippen LogP contribution < -0.4 is 10.5 Å². The van der Waals surface area contributed by atoms with E-state index in [0.717, 1.165) is 4.31 Å².